The molecule has 2 aromatic heterocycles. The summed E-state index contributed by atoms with van der Waals surface area (Å²) in [7, 11) is 1.61. The van der Waals surface area contributed by atoms with Gasteiger partial charge in [0.05, 0.1) is 6.54 Å². The van der Waals surface area contributed by atoms with E-state index in [2.05, 4.69) is 9.97 Å². The van der Waals surface area contributed by atoms with Gasteiger partial charge in [0.2, 0.25) is 0 Å². The third-order valence-electron chi connectivity index (χ3n) is 4.77. The SMILES string of the molecule is Cc1ccccc1Cn1c(=O)c2cnc(-c3ccc(Cl)cc3)nc2n(C)c1=O. The summed E-state index contributed by atoms with van der Waals surface area (Å²) in [5.74, 6) is 0.426. The minimum absolute atomic E-state index is 0.201. The van der Waals surface area contributed by atoms with Crippen LogP contribution in [0.2, 0.25) is 5.02 Å². The van der Waals surface area contributed by atoms with Crippen LogP contribution in [0, 0.1) is 6.92 Å². The van der Waals surface area contributed by atoms with Crippen molar-refractivity contribution >= 4 is 22.6 Å². The maximum Gasteiger partial charge on any atom is 0.332 e. The summed E-state index contributed by atoms with van der Waals surface area (Å²) in [4.78, 5) is 34.6. The molecule has 0 atom stereocenters. The molecule has 0 N–H and O–H groups in total. The minimum Gasteiger partial charge on any atom is -0.280 e. The first-order valence-corrected chi connectivity index (χ1v) is 9.10. The second-order valence-electron chi connectivity index (χ2n) is 6.60. The Morgan fingerprint density at radius 3 is 2.46 bits per heavy atom. The standard InChI is InChI=1S/C21H17ClN4O2/c1-13-5-3-4-6-15(13)12-26-20(27)17-11-23-18(14-7-9-16(22)10-8-14)24-19(17)25(2)21(26)28/h3-11H,12H2,1-2H3. The fourth-order valence-electron chi connectivity index (χ4n) is 3.12. The van der Waals surface area contributed by atoms with Crippen molar-refractivity contribution in [2.75, 3.05) is 0 Å². The van der Waals surface area contributed by atoms with E-state index in [1.165, 1.54) is 15.3 Å². The van der Waals surface area contributed by atoms with E-state index in [0.717, 1.165) is 16.7 Å². The fourth-order valence-corrected chi connectivity index (χ4v) is 3.24. The highest BCUT2D eigenvalue weighted by Crippen LogP contribution is 2.19. The molecule has 2 heterocycles. The van der Waals surface area contributed by atoms with E-state index >= 15 is 0 Å². The zero-order valence-corrected chi connectivity index (χ0v) is 16.1. The van der Waals surface area contributed by atoms with Gasteiger partial charge in [-0.25, -0.2) is 14.8 Å². The van der Waals surface area contributed by atoms with Gasteiger partial charge in [0.15, 0.2) is 11.5 Å². The Kier molecular flexibility index (Phi) is 4.57. The third-order valence-corrected chi connectivity index (χ3v) is 5.02. The molecule has 0 saturated heterocycles. The average Bonchev–Trinajstić information content (AvgIpc) is 2.71. The van der Waals surface area contributed by atoms with Crippen LogP contribution in [-0.4, -0.2) is 19.1 Å². The maximum absolute atomic E-state index is 13.0. The molecule has 0 aliphatic carbocycles. The van der Waals surface area contributed by atoms with Gasteiger partial charge in [0, 0.05) is 23.8 Å². The van der Waals surface area contributed by atoms with Gasteiger partial charge in [-0.15, -0.1) is 0 Å². The summed E-state index contributed by atoms with van der Waals surface area (Å²) in [5, 5.41) is 0.907. The number of aryl methyl sites for hydroxylation is 2. The van der Waals surface area contributed by atoms with Crippen LogP contribution in [0.5, 0.6) is 0 Å². The van der Waals surface area contributed by atoms with Gasteiger partial charge in [-0.05, 0) is 42.3 Å². The smallest absolute Gasteiger partial charge is 0.280 e. The van der Waals surface area contributed by atoms with Crippen LogP contribution in [0.1, 0.15) is 11.1 Å². The molecular weight excluding hydrogens is 376 g/mol. The van der Waals surface area contributed by atoms with Gasteiger partial charge in [0.25, 0.3) is 5.56 Å². The zero-order valence-electron chi connectivity index (χ0n) is 15.4. The highest BCUT2D eigenvalue weighted by molar-refractivity contribution is 6.30. The molecule has 6 nitrogen and oxygen atoms in total. The summed E-state index contributed by atoms with van der Waals surface area (Å²) in [6, 6.07) is 14.7. The molecule has 2 aromatic carbocycles. The number of fused-ring (bicyclic) bond motifs is 1. The average molecular weight is 393 g/mol. The number of halogens is 1. The Hall–Kier alpha value is -3.25. The summed E-state index contributed by atoms with van der Waals surface area (Å²) >= 11 is 5.93. The Morgan fingerprint density at radius 2 is 1.75 bits per heavy atom. The topological polar surface area (TPSA) is 69.8 Å². The second kappa shape index (κ2) is 7.05. The van der Waals surface area contributed by atoms with E-state index in [4.69, 9.17) is 11.6 Å². The number of rotatable bonds is 3. The van der Waals surface area contributed by atoms with Gasteiger partial charge >= 0.3 is 5.69 Å². The van der Waals surface area contributed by atoms with Crippen molar-refractivity contribution in [3.05, 3.63) is 91.7 Å². The maximum atomic E-state index is 13.0. The van der Waals surface area contributed by atoms with Crippen molar-refractivity contribution in [3.63, 3.8) is 0 Å². The van der Waals surface area contributed by atoms with E-state index in [1.54, 1.807) is 31.3 Å². The molecule has 0 fully saturated rings. The van der Waals surface area contributed by atoms with Crippen molar-refractivity contribution in [1.82, 2.24) is 19.1 Å². The number of hydrogen-bond acceptors (Lipinski definition) is 4. The molecule has 0 saturated carbocycles. The lowest BCUT2D eigenvalue weighted by atomic mass is 10.1. The van der Waals surface area contributed by atoms with E-state index in [-0.39, 0.29) is 6.54 Å². The van der Waals surface area contributed by atoms with Crippen LogP contribution >= 0.6 is 11.6 Å². The van der Waals surface area contributed by atoms with Gasteiger partial charge in [0.1, 0.15) is 5.39 Å². The highest BCUT2D eigenvalue weighted by Gasteiger charge is 2.15. The normalized spacial score (nSPS) is 11.1. The van der Waals surface area contributed by atoms with Crippen LogP contribution in [0.25, 0.3) is 22.4 Å². The number of nitrogens with zero attached hydrogens (tertiary/aromatic N) is 4. The quantitative estimate of drug-likeness (QED) is 0.537. The molecule has 140 valence electrons. The zero-order chi connectivity index (χ0) is 19.8. The van der Waals surface area contributed by atoms with Gasteiger partial charge in [-0.3, -0.25) is 13.9 Å². The van der Waals surface area contributed by atoms with Crippen molar-refractivity contribution in [2.45, 2.75) is 13.5 Å². The predicted octanol–water partition coefficient (Wildman–Crippen LogP) is 3.17. The Balaban J connectivity index is 1.88. The lowest BCUT2D eigenvalue weighted by molar-refractivity contribution is 0.654. The monoisotopic (exact) mass is 392 g/mol. The fraction of sp³-hybridized carbons (Fsp3) is 0.143. The molecule has 28 heavy (non-hydrogen) atoms. The lowest BCUT2D eigenvalue weighted by Crippen LogP contribution is -2.39. The molecule has 0 amide bonds. The Labute approximate surface area is 165 Å². The molecule has 0 unspecified atom stereocenters. The van der Waals surface area contributed by atoms with Gasteiger partial charge < -0.3 is 0 Å². The molecule has 0 aliphatic heterocycles. The molecule has 7 heteroatoms. The van der Waals surface area contributed by atoms with Gasteiger partial charge in [-0.1, -0.05) is 35.9 Å². The Morgan fingerprint density at radius 1 is 1.04 bits per heavy atom. The molecular formula is C21H17ClN4O2. The van der Waals surface area contributed by atoms with E-state index in [9.17, 15) is 9.59 Å². The largest absolute Gasteiger partial charge is 0.332 e. The molecule has 4 aromatic rings. The third kappa shape index (κ3) is 3.12. The van der Waals surface area contributed by atoms with E-state index < -0.39 is 11.2 Å². The van der Waals surface area contributed by atoms with Crippen LogP contribution in [-0.2, 0) is 13.6 Å². The first-order valence-electron chi connectivity index (χ1n) is 8.73. The van der Waals surface area contributed by atoms with Crippen molar-refractivity contribution in [1.29, 1.82) is 0 Å². The van der Waals surface area contributed by atoms with Crippen LogP contribution in [0.15, 0.2) is 64.3 Å². The van der Waals surface area contributed by atoms with Gasteiger partial charge in [-0.2, -0.15) is 0 Å². The first kappa shape index (κ1) is 18.1. The highest BCUT2D eigenvalue weighted by atomic mass is 35.5. The molecule has 0 bridgehead atoms. The molecule has 0 spiro atoms. The molecule has 0 aliphatic rings. The number of aromatic nitrogens is 4. The second-order valence-corrected chi connectivity index (χ2v) is 7.03. The molecule has 0 radical (unpaired) electrons. The van der Waals surface area contributed by atoms with Crippen molar-refractivity contribution in [3.8, 4) is 11.4 Å². The minimum atomic E-state index is -0.415. The van der Waals surface area contributed by atoms with Crippen molar-refractivity contribution < 1.29 is 0 Å². The summed E-state index contributed by atoms with van der Waals surface area (Å²) in [6.45, 7) is 2.15. The summed E-state index contributed by atoms with van der Waals surface area (Å²) < 4.78 is 2.60. The number of hydrogen-bond donors (Lipinski definition) is 0. The van der Waals surface area contributed by atoms with Crippen LogP contribution < -0.4 is 11.2 Å². The van der Waals surface area contributed by atoms with Crippen LogP contribution in [0.3, 0.4) is 0 Å². The predicted molar refractivity (Wildman–Crippen MR) is 110 cm³/mol. The Bertz CT molecular complexity index is 1310. The molecule has 4 rings (SSSR count). The van der Waals surface area contributed by atoms with E-state index in [0.29, 0.717) is 21.9 Å². The summed E-state index contributed by atoms with van der Waals surface area (Å²) in [6.07, 6.45) is 1.47. The van der Waals surface area contributed by atoms with Crippen LogP contribution in [0.4, 0.5) is 0 Å². The number of benzene rings is 2. The van der Waals surface area contributed by atoms with E-state index in [1.807, 2.05) is 31.2 Å². The van der Waals surface area contributed by atoms with Crippen molar-refractivity contribution in [2.24, 2.45) is 7.05 Å². The first-order chi connectivity index (χ1) is 13.5. The lowest BCUT2D eigenvalue weighted by Gasteiger charge is -2.12. The summed E-state index contributed by atoms with van der Waals surface area (Å²) in [5.41, 5.74) is 2.18.